The topological polar surface area (TPSA) is 76.0 Å². The van der Waals surface area contributed by atoms with Crippen molar-refractivity contribution in [3.8, 4) is 0 Å². The number of benzene rings is 2. The van der Waals surface area contributed by atoms with E-state index in [2.05, 4.69) is 15.7 Å². The fraction of sp³-hybridized carbons (Fsp3) is 0.190. The number of rotatable bonds is 8. The third kappa shape index (κ3) is 6.28. The number of aromatic nitrogens is 2. The minimum atomic E-state index is -0.135. The third-order valence-electron chi connectivity index (χ3n) is 3.92. The minimum Gasteiger partial charge on any atom is -0.325 e. The SMILES string of the molecule is Cc1ccc(NC(=O)CSCC(=O)Nc2cccc(Cn3cccn3)c2)cc1. The van der Waals surface area contributed by atoms with Crippen LogP contribution in [0.25, 0.3) is 0 Å². The van der Waals surface area contributed by atoms with E-state index in [1.54, 1.807) is 6.20 Å². The van der Waals surface area contributed by atoms with Gasteiger partial charge in [0.1, 0.15) is 0 Å². The Labute approximate surface area is 168 Å². The van der Waals surface area contributed by atoms with Gasteiger partial charge < -0.3 is 10.6 Å². The zero-order valence-corrected chi connectivity index (χ0v) is 16.4. The largest absolute Gasteiger partial charge is 0.325 e. The maximum Gasteiger partial charge on any atom is 0.234 e. The summed E-state index contributed by atoms with van der Waals surface area (Å²) < 4.78 is 1.82. The van der Waals surface area contributed by atoms with Crippen LogP contribution in [0.15, 0.2) is 67.0 Å². The van der Waals surface area contributed by atoms with E-state index in [1.807, 2.05) is 72.4 Å². The number of nitrogens with zero attached hydrogens (tertiary/aromatic N) is 2. The molecule has 0 spiro atoms. The van der Waals surface area contributed by atoms with Gasteiger partial charge in [-0.05, 0) is 42.8 Å². The molecule has 2 amide bonds. The highest BCUT2D eigenvalue weighted by Gasteiger charge is 2.07. The summed E-state index contributed by atoms with van der Waals surface area (Å²) in [5.41, 5.74) is 3.68. The molecule has 1 heterocycles. The van der Waals surface area contributed by atoms with Gasteiger partial charge in [0, 0.05) is 23.8 Å². The number of anilines is 2. The van der Waals surface area contributed by atoms with Crippen molar-refractivity contribution in [1.29, 1.82) is 0 Å². The first-order valence-corrected chi connectivity index (χ1v) is 10.0. The fourth-order valence-electron chi connectivity index (χ4n) is 2.60. The van der Waals surface area contributed by atoms with E-state index in [4.69, 9.17) is 0 Å². The number of hydrogen-bond acceptors (Lipinski definition) is 4. The van der Waals surface area contributed by atoms with E-state index in [0.29, 0.717) is 6.54 Å². The van der Waals surface area contributed by atoms with E-state index in [-0.39, 0.29) is 23.3 Å². The molecule has 2 aromatic carbocycles. The van der Waals surface area contributed by atoms with Crippen LogP contribution >= 0.6 is 11.8 Å². The monoisotopic (exact) mass is 394 g/mol. The summed E-state index contributed by atoms with van der Waals surface area (Å²) in [6, 6.07) is 17.1. The van der Waals surface area contributed by atoms with Crippen molar-refractivity contribution in [2.24, 2.45) is 0 Å². The van der Waals surface area contributed by atoms with Crippen LogP contribution in [0.1, 0.15) is 11.1 Å². The van der Waals surface area contributed by atoms with Crippen LogP contribution in [0.5, 0.6) is 0 Å². The standard InChI is InChI=1S/C21H22N4O2S/c1-16-6-8-18(9-7-16)23-20(26)14-28-15-21(27)24-19-5-2-4-17(12-19)13-25-11-3-10-22-25/h2-12H,13-15H2,1H3,(H,23,26)(H,24,27). The predicted octanol–water partition coefficient (Wildman–Crippen LogP) is 3.55. The molecule has 7 heteroatoms. The molecule has 3 aromatic rings. The molecule has 0 saturated heterocycles. The number of carbonyl (C=O) groups is 2. The Morgan fingerprint density at radius 3 is 2.36 bits per heavy atom. The number of amides is 2. The van der Waals surface area contributed by atoms with Crippen LogP contribution in [-0.4, -0.2) is 33.1 Å². The molecule has 144 valence electrons. The second-order valence-electron chi connectivity index (χ2n) is 6.36. The highest BCUT2D eigenvalue weighted by molar-refractivity contribution is 8.00. The van der Waals surface area contributed by atoms with Gasteiger partial charge in [0.05, 0.1) is 18.1 Å². The van der Waals surface area contributed by atoms with Gasteiger partial charge in [0.15, 0.2) is 0 Å². The van der Waals surface area contributed by atoms with Gasteiger partial charge in [0.2, 0.25) is 11.8 Å². The summed E-state index contributed by atoms with van der Waals surface area (Å²) in [6.45, 7) is 2.64. The first kappa shape index (κ1) is 19.7. The average molecular weight is 395 g/mol. The lowest BCUT2D eigenvalue weighted by Gasteiger charge is -2.08. The summed E-state index contributed by atoms with van der Waals surface area (Å²) in [6.07, 6.45) is 3.63. The van der Waals surface area contributed by atoms with Crippen molar-refractivity contribution in [3.63, 3.8) is 0 Å². The Hall–Kier alpha value is -3.06. The van der Waals surface area contributed by atoms with Gasteiger partial charge >= 0.3 is 0 Å². The lowest BCUT2D eigenvalue weighted by Crippen LogP contribution is -2.18. The smallest absolute Gasteiger partial charge is 0.234 e. The van der Waals surface area contributed by atoms with Gasteiger partial charge in [0.25, 0.3) is 0 Å². The van der Waals surface area contributed by atoms with Crippen LogP contribution in [0, 0.1) is 6.92 Å². The lowest BCUT2D eigenvalue weighted by atomic mass is 10.2. The molecule has 0 saturated carbocycles. The van der Waals surface area contributed by atoms with Crippen molar-refractivity contribution in [2.45, 2.75) is 13.5 Å². The van der Waals surface area contributed by atoms with Crippen molar-refractivity contribution in [3.05, 3.63) is 78.1 Å². The summed E-state index contributed by atoms with van der Waals surface area (Å²) in [4.78, 5) is 24.1. The number of nitrogens with one attached hydrogen (secondary N) is 2. The third-order valence-corrected chi connectivity index (χ3v) is 4.85. The van der Waals surface area contributed by atoms with Gasteiger partial charge in [-0.2, -0.15) is 5.10 Å². The summed E-state index contributed by atoms with van der Waals surface area (Å²) >= 11 is 1.28. The molecule has 0 aliphatic heterocycles. The molecule has 6 nitrogen and oxygen atoms in total. The maximum atomic E-state index is 12.1. The van der Waals surface area contributed by atoms with Crippen LogP contribution in [-0.2, 0) is 16.1 Å². The molecule has 0 fully saturated rings. The summed E-state index contributed by atoms with van der Waals surface area (Å²) in [7, 11) is 0. The quantitative estimate of drug-likeness (QED) is 0.613. The molecule has 0 bridgehead atoms. The van der Waals surface area contributed by atoms with Crippen LogP contribution in [0.3, 0.4) is 0 Å². The zero-order valence-electron chi connectivity index (χ0n) is 15.6. The minimum absolute atomic E-state index is 0.122. The Kier molecular flexibility index (Phi) is 6.86. The molecule has 0 unspecified atom stereocenters. The van der Waals surface area contributed by atoms with E-state index in [1.165, 1.54) is 11.8 Å². The van der Waals surface area contributed by atoms with Gasteiger partial charge in [-0.3, -0.25) is 14.3 Å². The normalized spacial score (nSPS) is 10.5. The van der Waals surface area contributed by atoms with Crippen molar-refractivity contribution < 1.29 is 9.59 Å². The Morgan fingerprint density at radius 1 is 0.964 bits per heavy atom. The highest BCUT2D eigenvalue weighted by Crippen LogP contribution is 2.13. The van der Waals surface area contributed by atoms with Crippen LogP contribution in [0.4, 0.5) is 11.4 Å². The number of carbonyl (C=O) groups excluding carboxylic acids is 2. The molecular formula is C21H22N4O2S. The maximum absolute atomic E-state index is 12.1. The van der Waals surface area contributed by atoms with Crippen LogP contribution < -0.4 is 10.6 Å². The average Bonchev–Trinajstić information content (AvgIpc) is 3.17. The second kappa shape index (κ2) is 9.75. The lowest BCUT2D eigenvalue weighted by molar-refractivity contribution is -0.114. The second-order valence-corrected chi connectivity index (χ2v) is 7.34. The fourth-order valence-corrected chi connectivity index (χ4v) is 3.21. The molecule has 1 aromatic heterocycles. The Bertz CT molecular complexity index is 924. The van der Waals surface area contributed by atoms with Gasteiger partial charge in [-0.1, -0.05) is 29.8 Å². The molecule has 0 radical (unpaired) electrons. The number of thioether (sulfide) groups is 1. The van der Waals surface area contributed by atoms with Gasteiger partial charge in [-0.15, -0.1) is 11.8 Å². The molecule has 28 heavy (non-hydrogen) atoms. The molecule has 2 N–H and O–H groups in total. The number of aryl methyl sites for hydroxylation is 1. The van der Waals surface area contributed by atoms with Crippen molar-refractivity contribution in [1.82, 2.24) is 9.78 Å². The molecular weight excluding hydrogens is 372 g/mol. The first-order valence-electron chi connectivity index (χ1n) is 8.89. The highest BCUT2D eigenvalue weighted by atomic mass is 32.2. The molecule has 0 aliphatic rings. The first-order chi connectivity index (χ1) is 13.6. The van der Waals surface area contributed by atoms with Crippen molar-refractivity contribution in [2.75, 3.05) is 22.1 Å². The predicted molar refractivity (Wildman–Crippen MR) is 114 cm³/mol. The van der Waals surface area contributed by atoms with Crippen LogP contribution in [0.2, 0.25) is 0 Å². The molecule has 0 aliphatic carbocycles. The summed E-state index contributed by atoms with van der Waals surface area (Å²) in [5, 5.41) is 9.87. The van der Waals surface area contributed by atoms with E-state index >= 15 is 0 Å². The Morgan fingerprint density at radius 2 is 1.68 bits per heavy atom. The molecule has 0 atom stereocenters. The number of hydrogen-bond donors (Lipinski definition) is 2. The molecule has 3 rings (SSSR count). The van der Waals surface area contributed by atoms with E-state index < -0.39 is 0 Å². The van der Waals surface area contributed by atoms with Gasteiger partial charge in [-0.25, -0.2) is 0 Å². The van der Waals surface area contributed by atoms with E-state index in [0.717, 1.165) is 22.5 Å². The summed E-state index contributed by atoms with van der Waals surface area (Å²) in [5.74, 6) is 0.179. The van der Waals surface area contributed by atoms with E-state index in [9.17, 15) is 9.59 Å². The zero-order chi connectivity index (χ0) is 19.8. The van der Waals surface area contributed by atoms with Crippen molar-refractivity contribution >= 4 is 35.0 Å². The Balaban J connectivity index is 1.41.